The van der Waals surface area contributed by atoms with Crippen molar-refractivity contribution in [2.24, 2.45) is 17.8 Å². The highest BCUT2D eigenvalue weighted by Gasteiger charge is 2.58. The molecular formula is C13H20N2O2. The van der Waals surface area contributed by atoms with E-state index in [0.717, 1.165) is 12.8 Å². The summed E-state index contributed by atoms with van der Waals surface area (Å²) in [6, 6.07) is 0. The van der Waals surface area contributed by atoms with Crippen LogP contribution in [0.4, 0.5) is 0 Å². The highest BCUT2D eigenvalue weighted by Crippen LogP contribution is 2.54. The monoisotopic (exact) mass is 236 g/mol. The topological polar surface area (TPSA) is 62.7 Å². The first-order valence-electron chi connectivity index (χ1n) is 6.68. The first-order chi connectivity index (χ1) is 8.29. The maximum absolute atomic E-state index is 11.7. The van der Waals surface area contributed by atoms with Crippen molar-refractivity contribution < 1.29 is 14.3 Å². The van der Waals surface area contributed by atoms with Crippen molar-refractivity contribution >= 4 is 11.7 Å². The van der Waals surface area contributed by atoms with E-state index in [1.54, 1.807) is 6.92 Å². The van der Waals surface area contributed by atoms with E-state index in [1.807, 2.05) is 0 Å². The fourth-order valence-corrected chi connectivity index (χ4v) is 3.20. The molecule has 2 aliphatic carbocycles. The Kier molecular flexibility index (Phi) is 3.95. The Bertz CT molecular complexity index is 333. The average molecular weight is 236 g/mol. The average Bonchev–Trinajstić information content (AvgIpc) is 2.91. The van der Waals surface area contributed by atoms with E-state index in [4.69, 9.17) is 10.3 Å². The largest absolute Gasteiger partial charge is 0.457 e. The molecule has 0 radical (unpaired) electrons. The Morgan fingerprint density at radius 1 is 1.24 bits per heavy atom. The lowest BCUT2D eigenvalue weighted by atomic mass is 10.0. The number of hydrogen-bond donors (Lipinski definition) is 0. The van der Waals surface area contributed by atoms with Crippen molar-refractivity contribution in [3.8, 4) is 0 Å². The Labute approximate surface area is 102 Å². The minimum Gasteiger partial charge on any atom is -0.457 e. The van der Waals surface area contributed by atoms with Gasteiger partial charge in [-0.3, -0.25) is 0 Å². The van der Waals surface area contributed by atoms with Gasteiger partial charge in [0, 0.05) is 0 Å². The minimum atomic E-state index is -0.438. The number of rotatable bonds is 3. The molecule has 2 fully saturated rings. The zero-order valence-corrected chi connectivity index (χ0v) is 10.4. The van der Waals surface area contributed by atoms with Crippen LogP contribution in [-0.2, 0) is 9.53 Å². The Balaban J connectivity index is 2.02. The summed E-state index contributed by atoms with van der Waals surface area (Å²) in [6.45, 7) is 2.10. The van der Waals surface area contributed by atoms with E-state index < -0.39 is 5.97 Å². The quantitative estimate of drug-likeness (QED) is 0.327. The molecule has 0 aromatic heterocycles. The maximum Gasteiger partial charge on any atom is 0.417 e. The predicted octanol–water partition coefficient (Wildman–Crippen LogP) is 2.44. The van der Waals surface area contributed by atoms with E-state index in [0.29, 0.717) is 18.4 Å². The van der Waals surface area contributed by atoms with Crippen LogP contribution in [0.1, 0.15) is 45.4 Å². The predicted molar refractivity (Wildman–Crippen MR) is 63.4 cm³/mol. The number of carbonyl (C=O) groups is 1. The molecule has 0 aliphatic heterocycles. The number of ether oxygens (including phenoxy) is 1. The second kappa shape index (κ2) is 5.46. The number of hydrogen-bond acceptors (Lipinski definition) is 2. The van der Waals surface area contributed by atoms with Crippen LogP contribution in [0.2, 0.25) is 0 Å². The first kappa shape index (κ1) is 12.3. The minimum absolute atomic E-state index is 0.150. The van der Waals surface area contributed by atoms with Gasteiger partial charge in [-0.1, -0.05) is 25.7 Å². The van der Waals surface area contributed by atoms with Gasteiger partial charge in [0.05, 0.1) is 12.5 Å². The molecule has 0 bridgehead atoms. The van der Waals surface area contributed by atoms with Crippen molar-refractivity contribution in [1.29, 1.82) is 0 Å². The van der Waals surface area contributed by atoms with E-state index in [9.17, 15) is 4.79 Å². The van der Waals surface area contributed by atoms with Crippen molar-refractivity contribution in [2.45, 2.75) is 45.4 Å². The van der Waals surface area contributed by atoms with Gasteiger partial charge in [-0.05, 0) is 31.6 Å². The van der Waals surface area contributed by atoms with Gasteiger partial charge in [0.2, 0.25) is 0 Å². The van der Waals surface area contributed by atoms with Gasteiger partial charge >= 0.3 is 11.7 Å². The number of esters is 1. The molecule has 2 rings (SSSR count). The van der Waals surface area contributed by atoms with Gasteiger partial charge < -0.3 is 10.3 Å². The van der Waals surface area contributed by atoms with Crippen LogP contribution in [-0.4, -0.2) is 23.1 Å². The second-order valence-corrected chi connectivity index (χ2v) is 5.05. The van der Waals surface area contributed by atoms with Crippen LogP contribution in [0.5, 0.6) is 0 Å². The van der Waals surface area contributed by atoms with Crippen LogP contribution in [0.15, 0.2) is 0 Å². The lowest BCUT2D eigenvalue weighted by molar-refractivity contribution is -0.140. The van der Waals surface area contributed by atoms with Crippen LogP contribution >= 0.6 is 0 Å². The highest BCUT2D eigenvalue weighted by atomic mass is 16.5. The fourth-order valence-electron chi connectivity index (χ4n) is 3.20. The summed E-state index contributed by atoms with van der Waals surface area (Å²) in [4.78, 5) is 14.9. The molecule has 4 nitrogen and oxygen atoms in total. The molecule has 94 valence electrons. The van der Waals surface area contributed by atoms with Gasteiger partial charge in [-0.25, -0.2) is 4.79 Å². The molecule has 0 spiro atoms. The van der Waals surface area contributed by atoms with Crippen LogP contribution in [0.25, 0.3) is 5.53 Å². The van der Waals surface area contributed by atoms with Crippen molar-refractivity contribution in [1.82, 2.24) is 0 Å². The lowest BCUT2D eigenvalue weighted by Gasteiger charge is -2.04. The van der Waals surface area contributed by atoms with Gasteiger partial charge in [0.15, 0.2) is 0 Å². The normalized spacial score (nSPS) is 31.5. The molecule has 0 N–H and O–H groups in total. The van der Waals surface area contributed by atoms with E-state index in [2.05, 4.69) is 4.79 Å². The van der Waals surface area contributed by atoms with Crippen molar-refractivity contribution in [2.75, 3.05) is 6.61 Å². The summed E-state index contributed by atoms with van der Waals surface area (Å²) in [5.41, 5.74) is 9.26. The molecule has 0 saturated heterocycles. The fraction of sp³-hybridized carbons (Fsp3) is 0.846. The van der Waals surface area contributed by atoms with E-state index in [1.165, 1.54) is 25.7 Å². The molecule has 0 aromatic carbocycles. The molecule has 0 heterocycles. The van der Waals surface area contributed by atoms with Gasteiger partial charge in [-0.15, -0.1) is 0 Å². The zero-order valence-electron chi connectivity index (χ0n) is 10.4. The third-order valence-corrected chi connectivity index (χ3v) is 4.06. The molecule has 0 aromatic rings. The lowest BCUT2D eigenvalue weighted by Crippen LogP contribution is -2.22. The smallest absolute Gasteiger partial charge is 0.417 e. The molecule has 3 atom stereocenters. The number of fused-ring (bicyclic) bond motifs is 1. The summed E-state index contributed by atoms with van der Waals surface area (Å²) in [7, 11) is 0. The Morgan fingerprint density at radius 3 is 2.29 bits per heavy atom. The molecule has 17 heavy (non-hydrogen) atoms. The summed E-state index contributed by atoms with van der Waals surface area (Å²) < 4.78 is 4.94. The van der Waals surface area contributed by atoms with E-state index >= 15 is 0 Å². The second-order valence-electron chi connectivity index (χ2n) is 5.05. The van der Waals surface area contributed by atoms with Crippen LogP contribution in [0, 0.1) is 17.8 Å². The number of carbonyl (C=O) groups excluding carboxylic acids is 1. The summed E-state index contributed by atoms with van der Waals surface area (Å²) >= 11 is 0. The molecule has 2 aliphatic rings. The third kappa shape index (κ3) is 2.58. The Hall–Kier alpha value is -1.15. The summed E-state index contributed by atoms with van der Waals surface area (Å²) in [5.74, 6) is 0.806. The standard InChI is InChI=1S/C13H20N2O2/c1-2-17-13(16)12(15-14)11-9-7-5-3-4-6-8-10(9)11/h9-11H,2-8H2,1H3/t9-,10+,11?. The van der Waals surface area contributed by atoms with Crippen LogP contribution in [0.3, 0.4) is 0 Å². The summed E-state index contributed by atoms with van der Waals surface area (Å²) in [6.07, 6.45) is 7.38. The third-order valence-electron chi connectivity index (χ3n) is 4.06. The van der Waals surface area contributed by atoms with Crippen molar-refractivity contribution in [3.05, 3.63) is 5.53 Å². The van der Waals surface area contributed by atoms with Crippen LogP contribution < -0.4 is 0 Å². The SMILES string of the molecule is CCOC(=O)C(=[N+]=[N-])C1[C@H]2CCCCCC[C@@H]12. The molecule has 4 heteroatoms. The summed E-state index contributed by atoms with van der Waals surface area (Å²) in [5, 5.41) is 0. The van der Waals surface area contributed by atoms with Gasteiger partial charge in [-0.2, -0.15) is 4.79 Å². The van der Waals surface area contributed by atoms with Gasteiger partial charge in [0.25, 0.3) is 0 Å². The molecule has 2 saturated carbocycles. The molecule has 0 amide bonds. The van der Waals surface area contributed by atoms with E-state index in [-0.39, 0.29) is 11.6 Å². The molecule has 1 unspecified atom stereocenters. The number of nitrogens with zero attached hydrogens (tertiary/aromatic N) is 2. The first-order valence-corrected chi connectivity index (χ1v) is 6.68. The maximum atomic E-state index is 11.7. The Morgan fingerprint density at radius 2 is 1.82 bits per heavy atom. The highest BCUT2D eigenvalue weighted by molar-refractivity contribution is 6.35. The zero-order chi connectivity index (χ0) is 12.3. The molecular weight excluding hydrogens is 216 g/mol. The van der Waals surface area contributed by atoms with Crippen molar-refractivity contribution in [3.63, 3.8) is 0 Å². The van der Waals surface area contributed by atoms with Gasteiger partial charge in [0.1, 0.15) is 0 Å².